The van der Waals surface area contributed by atoms with E-state index in [1.165, 1.54) is 0 Å². The van der Waals surface area contributed by atoms with Gasteiger partial charge in [-0.25, -0.2) is 9.78 Å². The Morgan fingerprint density at radius 1 is 1.20 bits per heavy atom. The van der Waals surface area contributed by atoms with Crippen molar-refractivity contribution in [3.63, 3.8) is 0 Å². The van der Waals surface area contributed by atoms with Crippen molar-refractivity contribution in [3.8, 4) is 0 Å². The van der Waals surface area contributed by atoms with E-state index in [0.717, 1.165) is 16.3 Å². The number of rotatable bonds is 4. The zero-order valence-corrected chi connectivity index (χ0v) is 14.5. The molecule has 3 aromatic rings. The molecule has 0 aliphatic carbocycles. The number of hydrogen-bond acceptors (Lipinski definition) is 3. The fourth-order valence-corrected chi connectivity index (χ4v) is 3.00. The van der Waals surface area contributed by atoms with Gasteiger partial charge in [0, 0.05) is 18.9 Å². The molecule has 1 heterocycles. The Bertz CT molecular complexity index is 890. The van der Waals surface area contributed by atoms with Crippen LogP contribution in [0.15, 0.2) is 48.9 Å². The number of nitrogens with one attached hydrogen (secondary N) is 3. The van der Waals surface area contributed by atoms with E-state index in [1.54, 1.807) is 19.6 Å². The summed E-state index contributed by atoms with van der Waals surface area (Å²) in [5.74, 6) is -0.0533. The number of aromatic nitrogens is 2. The van der Waals surface area contributed by atoms with Gasteiger partial charge in [-0.2, -0.15) is 0 Å². The molecule has 0 saturated carbocycles. The predicted molar refractivity (Wildman–Crippen MR) is 98.5 cm³/mol. The minimum absolute atomic E-state index is 0.0533. The number of hydrogen-bond donors (Lipinski definition) is 4. The minimum Gasteiger partial charge on any atom is -0.378 e. The fraction of sp³-hybridized carbons (Fsp3) is 0.263. The number of fused-ring (bicyclic) bond motifs is 1. The summed E-state index contributed by atoms with van der Waals surface area (Å²) >= 11 is 0. The fourth-order valence-electron chi connectivity index (χ4n) is 3.00. The molecule has 0 radical (unpaired) electrons. The molecule has 25 heavy (non-hydrogen) atoms. The lowest BCUT2D eigenvalue weighted by Crippen LogP contribution is -2.33. The van der Waals surface area contributed by atoms with Crippen molar-refractivity contribution >= 4 is 22.5 Å². The van der Waals surface area contributed by atoms with Gasteiger partial charge in [0.25, 0.3) is 0 Å². The topological polar surface area (TPSA) is 90.0 Å². The molecule has 2 aromatic carbocycles. The molecule has 1 aromatic heterocycles. The highest BCUT2D eigenvalue weighted by Gasteiger charge is 2.37. The molecule has 1 atom stereocenters. The molecule has 0 saturated heterocycles. The van der Waals surface area contributed by atoms with E-state index in [1.807, 2.05) is 50.2 Å². The lowest BCUT2D eigenvalue weighted by Gasteiger charge is -2.31. The minimum atomic E-state index is -1.17. The molecule has 6 heteroatoms. The van der Waals surface area contributed by atoms with Crippen molar-refractivity contribution in [2.45, 2.75) is 19.4 Å². The maximum absolute atomic E-state index is 11.4. The van der Waals surface area contributed by atoms with Gasteiger partial charge in [-0.15, -0.1) is 0 Å². The van der Waals surface area contributed by atoms with Gasteiger partial charge in [0.05, 0.1) is 12.0 Å². The van der Waals surface area contributed by atoms with E-state index < -0.39 is 5.60 Å². The van der Waals surface area contributed by atoms with E-state index in [0.29, 0.717) is 11.4 Å². The number of nitrogens with zero attached hydrogens (tertiary/aromatic N) is 1. The molecule has 0 bridgehead atoms. The summed E-state index contributed by atoms with van der Waals surface area (Å²) in [7, 11) is 1.57. The first kappa shape index (κ1) is 17.0. The monoisotopic (exact) mass is 338 g/mol. The molecule has 6 nitrogen and oxygen atoms in total. The van der Waals surface area contributed by atoms with Crippen LogP contribution in [0.25, 0.3) is 10.8 Å². The van der Waals surface area contributed by atoms with E-state index in [9.17, 15) is 9.90 Å². The van der Waals surface area contributed by atoms with Crippen LogP contribution < -0.4 is 10.6 Å². The quantitative estimate of drug-likeness (QED) is 0.589. The number of benzene rings is 2. The summed E-state index contributed by atoms with van der Waals surface area (Å²) < 4.78 is 0. The lowest BCUT2D eigenvalue weighted by molar-refractivity contribution is 0.0281. The normalized spacial score (nSPS) is 13.6. The van der Waals surface area contributed by atoms with Crippen molar-refractivity contribution in [2.75, 3.05) is 12.4 Å². The maximum Gasteiger partial charge on any atom is 0.318 e. The van der Waals surface area contributed by atoms with Gasteiger partial charge in [0.1, 0.15) is 5.60 Å². The third kappa shape index (κ3) is 3.08. The molecule has 130 valence electrons. The van der Waals surface area contributed by atoms with Crippen LogP contribution in [0.3, 0.4) is 0 Å². The highest BCUT2D eigenvalue weighted by Crippen LogP contribution is 2.37. The van der Waals surface area contributed by atoms with Gasteiger partial charge in [-0.3, -0.25) is 0 Å². The number of carbonyl (C=O) groups is 1. The van der Waals surface area contributed by atoms with Crippen LogP contribution in [-0.4, -0.2) is 28.2 Å². The first-order chi connectivity index (χ1) is 11.9. The molecule has 0 fully saturated rings. The molecular weight excluding hydrogens is 316 g/mol. The molecular formula is C19H22N4O2. The SMILES string of the molecule is CNC(=O)Nc1ccc2cc(C(O)(c3c[nH]cn3)C(C)C)ccc2c1. The number of imidazole rings is 1. The van der Waals surface area contributed by atoms with Crippen molar-refractivity contribution in [3.05, 3.63) is 60.2 Å². The second-order valence-corrected chi connectivity index (χ2v) is 6.36. The van der Waals surface area contributed by atoms with Gasteiger partial charge < -0.3 is 20.7 Å². The van der Waals surface area contributed by atoms with Crippen molar-refractivity contribution in [1.82, 2.24) is 15.3 Å². The van der Waals surface area contributed by atoms with Crippen molar-refractivity contribution < 1.29 is 9.90 Å². The van der Waals surface area contributed by atoms with E-state index in [4.69, 9.17) is 0 Å². The van der Waals surface area contributed by atoms with E-state index >= 15 is 0 Å². The molecule has 2 amide bonds. The Balaban J connectivity index is 2.03. The molecule has 3 rings (SSSR count). The number of urea groups is 1. The van der Waals surface area contributed by atoms with Crippen LogP contribution in [-0.2, 0) is 5.60 Å². The highest BCUT2D eigenvalue weighted by atomic mass is 16.3. The zero-order chi connectivity index (χ0) is 18.0. The number of amides is 2. The number of aromatic amines is 1. The van der Waals surface area contributed by atoms with E-state index in [-0.39, 0.29) is 11.9 Å². The third-order valence-electron chi connectivity index (χ3n) is 4.49. The summed E-state index contributed by atoms with van der Waals surface area (Å²) in [5.41, 5.74) is 0.924. The van der Waals surface area contributed by atoms with Crippen molar-refractivity contribution in [1.29, 1.82) is 0 Å². The van der Waals surface area contributed by atoms with Gasteiger partial charge in [0.2, 0.25) is 0 Å². The molecule has 0 aliphatic rings. The lowest BCUT2D eigenvalue weighted by atomic mass is 9.80. The van der Waals surface area contributed by atoms with Gasteiger partial charge >= 0.3 is 6.03 Å². The Morgan fingerprint density at radius 2 is 1.92 bits per heavy atom. The molecule has 1 unspecified atom stereocenters. The number of H-pyrrole nitrogens is 1. The Hall–Kier alpha value is -2.86. The predicted octanol–water partition coefficient (Wildman–Crippen LogP) is 3.21. The Labute approximate surface area is 146 Å². The molecule has 4 N–H and O–H groups in total. The summed E-state index contributed by atoms with van der Waals surface area (Å²) in [6, 6.07) is 11.2. The summed E-state index contributed by atoms with van der Waals surface area (Å²) in [6.45, 7) is 3.94. The van der Waals surface area contributed by atoms with Gasteiger partial charge in [0.15, 0.2) is 0 Å². The Kier molecular flexibility index (Phi) is 4.46. The van der Waals surface area contributed by atoms with Crippen LogP contribution >= 0.6 is 0 Å². The zero-order valence-electron chi connectivity index (χ0n) is 14.5. The average molecular weight is 338 g/mol. The number of carbonyl (C=O) groups excluding carboxylic acids is 1. The van der Waals surface area contributed by atoms with Crippen molar-refractivity contribution in [2.24, 2.45) is 5.92 Å². The van der Waals surface area contributed by atoms with Crippen LogP contribution in [0.4, 0.5) is 10.5 Å². The second-order valence-electron chi connectivity index (χ2n) is 6.36. The van der Waals surface area contributed by atoms with Crippen LogP contribution in [0, 0.1) is 5.92 Å². The van der Waals surface area contributed by atoms with Crippen LogP contribution in [0.5, 0.6) is 0 Å². The highest BCUT2D eigenvalue weighted by molar-refractivity contribution is 5.93. The van der Waals surface area contributed by atoms with Crippen LogP contribution in [0.2, 0.25) is 0 Å². The van der Waals surface area contributed by atoms with E-state index in [2.05, 4.69) is 20.6 Å². The number of aliphatic hydroxyl groups is 1. The Morgan fingerprint density at radius 3 is 2.56 bits per heavy atom. The third-order valence-corrected chi connectivity index (χ3v) is 4.49. The molecule has 0 spiro atoms. The first-order valence-corrected chi connectivity index (χ1v) is 8.20. The summed E-state index contributed by atoms with van der Waals surface area (Å²) in [4.78, 5) is 18.6. The number of anilines is 1. The first-order valence-electron chi connectivity index (χ1n) is 8.20. The maximum atomic E-state index is 11.4. The largest absolute Gasteiger partial charge is 0.378 e. The second kappa shape index (κ2) is 6.57. The van der Waals surface area contributed by atoms with Gasteiger partial charge in [-0.1, -0.05) is 32.0 Å². The standard InChI is InChI=1S/C19H22N4O2/c1-12(2)19(25,17-10-21-11-22-17)15-6-4-14-9-16(23-18(24)20-3)7-5-13(14)8-15/h4-12,25H,1-3H3,(H,21,22)(H2,20,23,24). The summed E-state index contributed by atoms with van der Waals surface area (Å²) in [6.07, 6.45) is 3.29. The summed E-state index contributed by atoms with van der Waals surface area (Å²) in [5, 5.41) is 18.6. The molecule has 0 aliphatic heterocycles. The average Bonchev–Trinajstić information content (AvgIpc) is 3.15. The smallest absolute Gasteiger partial charge is 0.318 e. The van der Waals surface area contributed by atoms with Gasteiger partial charge in [-0.05, 0) is 40.5 Å². The van der Waals surface area contributed by atoms with Crippen LogP contribution in [0.1, 0.15) is 25.1 Å².